The van der Waals surface area contributed by atoms with Gasteiger partial charge in [-0.25, -0.2) is 4.57 Å². The number of hydrogen-bond donors (Lipinski definition) is 5. The molecular weight excluding hydrogens is 285 g/mol. The van der Waals surface area contributed by atoms with Gasteiger partial charge in [-0.3, -0.25) is 4.90 Å². The van der Waals surface area contributed by atoms with Crippen LogP contribution in [0.4, 0.5) is 0 Å². The Morgan fingerprint density at radius 2 is 1.25 bits per heavy atom. The van der Waals surface area contributed by atoms with E-state index in [0.29, 0.717) is 0 Å². The Kier molecular flexibility index (Phi) is 14.2. The zero-order chi connectivity index (χ0) is 16.2. The molecule has 0 amide bonds. The highest BCUT2D eigenvalue weighted by Crippen LogP contribution is 2.25. The van der Waals surface area contributed by atoms with E-state index in [2.05, 4.69) is 6.92 Å². The van der Waals surface area contributed by atoms with E-state index in [-0.39, 0.29) is 0 Å². The summed E-state index contributed by atoms with van der Waals surface area (Å²) in [6.45, 7) is 6.39. The van der Waals surface area contributed by atoms with Gasteiger partial charge in [-0.05, 0) is 20.3 Å². The quantitative estimate of drug-likeness (QED) is 0.248. The molecule has 5 N–H and O–H groups in total. The lowest BCUT2D eigenvalue weighted by molar-refractivity contribution is -0.0844. The Morgan fingerprint density at radius 3 is 1.60 bits per heavy atom. The van der Waals surface area contributed by atoms with Crippen molar-refractivity contribution < 1.29 is 29.5 Å². The van der Waals surface area contributed by atoms with Crippen molar-refractivity contribution in [3.63, 3.8) is 0 Å². The molecule has 0 aromatic rings. The number of nitrogens with zero attached hydrogens (tertiary/aromatic N) is 1. The number of unbranched alkanes of at least 4 members (excludes halogenated alkanes) is 5. The molecule has 0 saturated carbocycles. The topological polar surface area (TPSA) is 121 Å². The Morgan fingerprint density at radius 1 is 0.900 bits per heavy atom. The molecule has 7 nitrogen and oxygen atoms in total. The van der Waals surface area contributed by atoms with Crippen molar-refractivity contribution in [2.75, 3.05) is 6.54 Å². The first-order valence-electron chi connectivity index (χ1n) is 6.99. The number of hydrogen-bond acceptors (Lipinski definition) is 4. The first-order chi connectivity index (χ1) is 9.09. The standard InChI is InChI=1S/C12H27NO2.H3O4P/c1-4-5-6-7-8-9-10-13(11(2)14)12(3)15;1-5(2,3)4/h11-12,14-15H,4-10H2,1-3H3;(H3,1,2,3,4). The lowest BCUT2D eigenvalue weighted by Crippen LogP contribution is -2.40. The average molecular weight is 315 g/mol. The predicted molar refractivity (Wildman–Crippen MR) is 77.7 cm³/mol. The van der Waals surface area contributed by atoms with Crippen LogP contribution in [-0.4, -0.2) is 48.8 Å². The Labute approximate surface area is 121 Å². The van der Waals surface area contributed by atoms with Crippen LogP contribution in [0.1, 0.15) is 59.3 Å². The Hall–Kier alpha value is -0.0100. The maximum atomic E-state index is 9.39. The summed E-state index contributed by atoms with van der Waals surface area (Å²) in [6.07, 6.45) is 6.29. The molecule has 0 aliphatic carbocycles. The molecule has 2 unspecified atom stereocenters. The van der Waals surface area contributed by atoms with E-state index in [1.165, 1.54) is 32.1 Å². The molecule has 0 spiro atoms. The second-order valence-electron chi connectivity index (χ2n) is 4.78. The summed E-state index contributed by atoms with van der Waals surface area (Å²) in [4.78, 5) is 23.3. The van der Waals surface area contributed by atoms with Gasteiger partial charge in [-0.2, -0.15) is 0 Å². The van der Waals surface area contributed by atoms with Crippen LogP contribution < -0.4 is 0 Å². The summed E-state index contributed by atoms with van der Waals surface area (Å²) in [5.41, 5.74) is 0. The highest BCUT2D eigenvalue weighted by Gasteiger charge is 2.14. The van der Waals surface area contributed by atoms with Gasteiger partial charge < -0.3 is 24.9 Å². The van der Waals surface area contributed by atoms with E-state index in [4.69, 9.17) is 19.2 Å². The molecule has 0 bridgehead atoms. The van der Waals surface area contributed by atoms with Crippen molar-refractivity contribution in [1.29, 1.82) is 0 Å². The van der Waals surface area contributed by atoms with Crippen molar-refractivity contribution in [3.8, 4) is 0 Å². The number of aliphatic hydroxyl groups excluding tert-OH is 2. The van der Waals surface area contributed by atoms with Crippen molar-refractivity contribution >= 4 is 7.82 Å². The van der Waals surface area contributed by atoms with Crippen LogP contribution in [0.5, 0.6) is 0 Å². The zero-order valence-electron chi connectivity index (χ0n) is 12.6. The molecule has 0 aliphatic rings. The van der Waals surface area contributed by atoms with E-state index in [1.807, 2.05) is 0 Å². The zero-order valence-corrected chi connectivity index (χ0v) is 13.5. The highest BCUT2D eigenvalue weighted by atomic mass is 31.2. The van der Waals surface area contributed by atoms with Crippen LogP contribution in [0.3, 0.4) is 0 Å². The van der Waals surface area contributed by atoms with Gasteiger partial charge in [0.05, 0.1) is 0 Å². The minimum atomic E-state index is -4.64. The van der Waals surface area contributed by atoms with Gasteiger partial charge in [0.1, 0.15) is 12.5 Å². The fraction of sp³-hybridized carbons (Fsp3) is 1.00. The maximum absolute atomic E-state index is 9.39. The highest BCUT2D eigenvalue weighted by molar-refractivity contribution is 7.45. The van der Waals surface area contributed by atoms with E-state index in [0.717, 1.165) is 13.0 Å². The van der Waals surface area contributed by atoms with Crippen LogP contribution in [-0.2, 0) is 4.57 Å². The maximum Gasteiger partial charge on any atom is 0.466 e. The molecule has 0 radical (unpaired) electrons. The van der Waals surface area contributed by atoms with Crippen LogP contribution in [0, 0.1) is 0 Å². The molecule has 0 rings (SSSR count). The van der Waals surface area contributed by atoms with Gasteiger partial charge in [-0.1, -0.05) is 39.0 Å². The van der Waals surface area contributed by atoms with E-state index in [9.17, 15) is 10.2 Å². The van der Waals surface area contributed by atoms with Crippen molar-refractivity contribution in [1.82, 2.24) is 4.90 Å². The molecule has 0 aromatic heterocycles. The van der Waals surface area contributed by atoms with Crippen molar-refractivity contribution in [2.24, 2.45) is 0 Å². The molecule has 0 fully saturated rings. The smallest absolute Gasteiger partial charge is 0.379 e. The monoisotopic (exact) mass is 315 g/mol. The van der Waals surface area contributed by atoms with Crippen molar-refractivity contribution in [2.45, 2.75) is 71.8 Å². The fourth-order valence-electron chi connectivity index (χ4n) is 1.76. The summed E-state index contributed by atoms with van der Waals surface area (Å²) in [5.74, 6) is 0. The predicted octanol–water partition coefficient (Wildman–Crippen LogP) is 1.40. The largest absolute Gasteiger partial charge is 0.466 e. The van der Waals surface area contributed by atoms with Gasteiger partial charge >= 0.3 is 7.82 Å². The van der Waals surface area contributed by atoms with Gasteiger partial charge in [0.25, 0.3) is 0 Å². The van der Waals surface area contributed by atoms with E-state index < -0.39 is 20.3 Å². The lowest BCUT2D eigenvalue weighted by atomic mass is 10.1. The summed E-state index contributed by atoms with van der Waals surface area (Å²) in [6, 6.07) is 0. The molecule has 8 heteroatoms. The van der Waals surface area contributed by atoms with Crippen LogP contribution in [0.2, 0.25) is 0 Å². The number of rotatable bonds is 9. The molecular formula is C12H30NO6P. The van der Waals surface area contributed by atoms with Crippen LogP contribution in [0.15, 0.2) is 0 Å². The molecule has 124 valence electrons. The third kappa shape index (κ3) is 20.3. The van der Waals surface area contributed by atoms with Gasteiger partial charge in [0.15, 0.2) is 0 Å². The lowest BCUT2D eigenvalue weighted by Gasteiger charge is -2.27. The van der Waals surface area contributed by atoms with Crippen LogP contribution >= 0.6 is 7.82 Å². The van der Waals surface area contributed by atoms with Gasteiger partial charge in [0.2, 0.25) is 0 Å². The van der Waals surface area contributed by atoms with Gasteiger partial charge in [-0.15, -0.1) is 0 Å². The second-order valence-corrected chi connectivity index (χ2v) is 5.81. The Bertz CT molecular complexity index is 240. The number of aliphatic hydroxyl groups is 2. The molecule has 20 heavy (non-hydrogen) atoms. The SMILES string of the molecule is CCCCCCCCN(C(C)O)C(C)O.O=P(O)(O)O. The molecule has 2 atom stereocenters. The normalized spacial score (nSPS) is 14.7. The molecule has 0 aromatic carbocycles. The Balaban J connectivity index is 0. The van der Waals surface area contributed by atoms with E-state index in [1.54, 1.807) is 18.7 Å². The fourth-order valence-corrected chi connectivity index (χ4v) is 1.76. The summed E-state index contributed by atoms with van der Waals surface area (Å²) in [5, 5.41) is 18.8. The molecule has 0 heterocycles. The van der Waals surface area contributed by atoms with E-state index >= 15 is 0 Å². The van der Waals surface area contributed by atoms with Gasteiger partial charge in [0, 0.05) is 6.54 Å². The third-order valence-corrected chi connectivity index (χ3v) is 2.73. The minimum Gasteiger partial charge on any atom is -0.379 e. The number of phosphoric acid groups is 1. The van der Waals surface area contributed by atoms with Crippen LogP contribution in [0.25, 0.3) is 0 Å². The average Bonchev–Trinajstić information content (AvgIpc) is 2.24. The summed E-state index contributed by atoms with van der Waals surface area (Å²) < 4.78 is 8.88. The third-order valence-electron chi connectivity index (χ3n) is 2.73. The molecule has 0 saturated heterocycles. The summed E-state index contributed by atoms with van der Waals surface area (Å²) in [7, 11) is -4.64. The minimum absolute atomic E-state index is 0.555. The molecule has 0 aliphatic heterocycles. The second kappa shape index (κ2) is 12.7. The first-order valence-corrected chi connectivity index (χ1v) is 8.56. The van der Waals surface area contributed by atoms with Crippen molar-refractivity contribution in [3.05, 3.63) is 0 Å². The summed E-state index contributed by atoms with van der Waals surface area (Å²) >= 11 is 0. The first kappa shape index (κ1) is 22.3.